The molecule has 1 aliphatic rings. The lowest BCUT2D eigenvalue weighted by molar-refractivity contribution is 0.183. The highest BCUT2D eigenvalue weighted by atomic mass is 127. The second-order valence-corrected chi connectivity index (χ2v) is 6.87. The number of aliphatic hydroxyl groups is 1. The van der Waals surface area contributed by atoms with E-state index in [1.54, 1.807) is 0 Å². The molecule has 2 N–H and O–H groups in total. The maximum atomic E-state index is 10.2. The van der Waals surface area contributed by atoms with Gasteiger partial charge < -0.3 is 15.3 Å². The number of guanidine groups is 1. The van der Waals surface area contributed by atoms with E-state index in [0.29, 0.717) is 18.4 Å². The van der Waals surface area contributed by atoms with Crippen LogP contribution in [-0.4, -0.2) is 48.2 Å². The molecular formula is C18H30IN3O. The van der Waals surface area contributed by atoms with E-state index in [1.807, 2.05) is 30.3 Å². The van der Waals surface area contributed by atoms with Crippen molar-refractivity contribution in [2.45, 2.75) is 39.7 Å². The molecule has 0 aromatic heterocycles. The molecule has 1 saturated heterocycles. The topological polar surface area (TPSA) is 47.9 Å². The van der Waals surface area contributed by atoms with Gasteiger partial charge >= 0.3 is 0 Å². The molecule has 1 unspecified atom stereocenters. The lowest BCUT2D eigenvalue weighted by Crippen LogP contribution is -2.41. The van der Waals surface area contributed by atoms with Crippen LogP contribution >= 0.6 is 24.0 Å². The lowest BCUT2D eigenvalue weighted by atomic mass is 9.93. The van der Waals surface area contributed by atoms with Crippen LogP contribution in [0.4, 0.5) is 0 Å². The molecule has 1 fully saturated rings. The Hall–Kier alpha value is -0.820. The van der Waals surface area contributed by atoms with Gasteiger partial charge in [0.1, 0.15) is 0 Å². The van der Waals surface area contributed by atoms with E-state index in [1.165, 1.54) is 6.42 Å². The molecular weight excluding hydrogens is 401 g/mol. The Morgan fingerprint density at radius 1 is 1.35 bits per heavy atom. The Labute approximate surface area is 157 Å². The molecule has 0 saturated carbocycles. The molecule has 130 valence electrons. The number of rotatable bonds is 5. The molecule has 1 heterocycles. The van der Waals surface area contributed by atoms with E-state index in [0.717, 1.165) is 31.2 Å². The van der Waals surface area contributed by atoms with Gasteiger partial charge in [0.15, 0.2) is 5.96 Å². The molecule has 1 aromatic rings. The van der Waals surface area contributed by atoms with E-state index >= 15 is 0 Å². The maximum absolute atomic E-state index is 10.2. The number of hydrogen-bond donors (Lipinski definition) is 2. The smallest absolute Gasteiger partial charge is 0.194 e. The SMILES string of the molecule is CCNC(=NCC(O)Cc1ccccc1)N1CCC(C)(C)C1.I. The molecule has 1 aliphatic heterocycles. The summed E-state index contributed by atoms with van der Waals surface area (Å²) in [6, 6.07) is 10.1. The number of halogens is 1. The molecule has 1 aromatic carbocycles. The first kappa shape index (κ1) is 20.2. The Morgan fingerprint density at radius 2 is 2.04 bits per heavy atom. The summed E-state index contributed by atoms with van der Waals surface area (Å²) in [6.45, 7) is 10.0. The molecule has 0 bridgehead atoms. The Kier molecular flexibility index (Phi) is 8.33. The summed E-state index contributed by atoms with van der Waals surface area (Å²) in [4.78, 5) is 6.94. The van der Waals surface area contributed by atoms with E-state index in [9.17, 15) is 5.11 Å². The third-order valence-electron chi connectivity index (χ3n) is 4.08. The van der Waals surface area contributed by atoms with Gasteiger partial charge in [0.2, 0.25) is 0 Å². The van der Waals surface area contributed by atoms with Gasteiger partial charge in [-0.1, -0.05) is 44.2 Å². The number of aliphatic hydroxyl groups excluding tert-OH is 1. The van der Waals surface area contributed by atoms with Crippen molar-refractivity contribution >= 4 is 29.9 Å². The first-order chi connectivity index (χ1) is 10.5. The van der Waals surface area contributed by atoms with Crippen LogP contribution in [0.25, 0.3) is 0 Å². The van der Waals surface area contributed by atoms with Gasteiger partial charge in [-0.2, -0.15) is 0 Å². The molecule has 1 atom stereocenters. The van der Waals surface area contributed by atoms with Crippen molar-refractivity contribution in [3.8, 4) is 0 Å². The fourth-order valence-electron chi connectivity index (χ4n) is 2.86. The minimum Gasteiger partial charge on any atom is -0.391 e. The lowest BCUT2D eigenvalue weighted by Gasteiger charge is -2.24. The number of nitrogens with one attached hydrogen (secondary N) is 1. The summed E-state index contributed by atoms with van der Waals surface area (Å²) >= 11 is 0. The molecule has 0 amide bonds. The van der Waals surface area contributed by atoms with Crippen molar-refractivity contribution in [1.29, 1.82) is 0 Å². The molecule has 5 heteroatoms. The molecule has 2 rings (SSSR count). The first-order valence-electron chi connectivity index (χ1n) is 8.25. The van der Waals surface area contributed by atoms with E-state index in [-0.39, 0.29) is 24.0 Å². The van der Waals surface area contributed by atoms with Crippen LogP contribution in [0.3, 0.4) is 0 Å². The number of likely N-dealkylation sites (tertiary alicyclic amines) is 1. The first-order valence-corrected chi connectivity index (χ1v) is 8.25. The van der Waals surface area contributed by atoms with Gasteiger partial charge in [0.05, 0.1) is 12.6 Å². The van der Waals surface area contributed by atoms with Crippen molar-refractivity contribution in [1.82, 2.24) is 10.2 Å². The Morgan fingerprint density at radius 3 is 2.61 bits per heavy atom. The van der Waals surface area contributed by atoms with Gasteiger partial charge in [0, 0.05) is 26.1 Å². The van der Waals surface area contributed by atoms with Crippen molar-refractivity contribution in [3.63, 3.8) is 0 Å². The highest BCUT2D eigenvalue weighted by molar-refractivity contribution is 14.0. The van der Waals surface area contributed by atoms with Crippen LogP contribution in [0.1, 0.15) is 32.8 Å². The molecule has 0 radical (unpaired) electrons. The fraction of sp³-hybridized carbons (Fsp3) is 0.611. The monoisotopic (exact) mass is 431 g/mol. The second kappa shape index (κ2) is 9.47. The predicted octanol–water partition coefficient (Wildman–Crippen LogP) is 2.91. The summed E-state index contributed by atoms with van der Waals surface area (Å²) in [5.41, 5.74) is 1.50. The third kappa shape index (κ3) is 6.67. The Balaban J connectivity index is 0.00000264. The summed E-state index contributed by atoms with van der Waals surface area (Å²) in [5, 5.41) is 13.6. The molecule has 23 heavy (non-hydrogen) atoms. The number of nitrogens with zero attached hydrogens (tertiary/aromatic N) is 2. The molecule has 4 nitrogen and oxygen atoms in total. The van der Waals surface area contributed by atoms with Crippen LogP contribution in [0.2, 0.25) is 0 Å². The number of hydrogen-bond acceptors (Lipinski definition) is 2. The summed E-state index contributed by atoms with van der Waals surface area (Å²) in [7, 11) is 0. The van der Waals surface area contributed by atoms with Crippen LogP contribution < -0.4 is 5.32 Å². The standard InChI is InChI=1S/C18H29N3O.HI/c1-4-19-17(21-11-10-18(2,3)14-21)20-13-16(22)12-15-8-6-5-7-9-15;/h5-9,16,22H,4,10-14H2,1-3H3,(H,19,20);1H. The van der Waals surface area contributed by atoms with Crippen molar-refractivity contribution in [3.05, 3.63) is 35.9 Å². The minimum absolute atomic E-state index is 0. The largest absolute Gasteiger partial charge is 0.391 e. The van der Waals surface area contributed by atoms with Crippen LogP contribution in [-0.2, 0) is 6.42 Å². The number of aliphatic imine (C=N–C) groups is 1. The zero-order valence-electron chi connectivity index (χ0n) is 14.5. The summed E-state index contributed by atoms with van der Waals surface area (Å²) in [6.07, 6.45) is 1.39. The van der Waals surface area contributed by atoms with Gasteiger partial charge in [0.25, 0.3) is 0 Å². The highest BCUT2D eigenvalue weighted by Crippen LogP contribution is 2.28. The van der Waals surface area contributed by atoms with Gasteiger partial charge in [-0.15, -0.1) is 24.0 Å². The maximum Gasteiger partial charge on any atom is 0.194 e. The second-order valence-electron chi connectivity index (χ2n) is 6.87. The normalized spacial score (nSPS) is 18.4. The summed E-state index contributed by atoms with van der Waals surface area (Å²) < 4.78 is 0. The number of benzene rings is 1. The van der Waals surface area contributed by atoms with Crippen LogP contribution in [0, 0.1) is 5.41 Å². The van der Waals surface area contributed by atoms with E-state index in [4.69, 9.17) is 0 Å². The van der Waals surface area contributed by atoms with Gasteiger partial charge in [-0.05, 0) is 24.3 Å². The molecule has 0 spiro atoms. The predicted molar refractivity (Wildman–Crippen MR) is 108 cm³/mol. The van der Waals surface area contributed by atoms with Crippen molar-refractivity contribution in [2.75, 3.05) is 26.2 Å². The summed E-state index contributed by atoms with van der Waals surface area (Å²) in [5.74, 6) is 0.931. The fourth-order valence-corrected chi connectivity index (χ4v) is 2.86. The third-order valence-corrected chi connectivity index (χ3v) is 4.08. The van der Waals surface area contributed by atoms with Gasteiger partial charge in [-0.3, -0.25) is 4.99 Å². The van der Waals surface area contributed by atoms with Crippen LogP contribution in [0.5, 0.6) is 0 Å². The van der Waals surface area contributed by atoms with Crippen molar-refractivity contribution < 1.29 is 5.11 Å². The average Bonchev–Trinajstić information content (AvgIpc) is 2.84. The minimum atomic E-state index is -0.438. The van der Waals surface area contributed by atoms with Gasteiger partial charge in [-0.25, -0.2) is 0 Å². The zero-order chi connectivity index (χ0) is 16.0. The average molecular weight is 431 g/mol. The Bertz CT molecular complexity index is 490. The molecule has 0 aliphatic carbocycles. The van der Waals surface area contributed by atoms with E-state index in [2.05, 4.69) is 36.0 Å². The van der Waals surface area contributed by atoms with E-state index < -0.39 is 6.10 Å². The highest BCUT2D eigenvalue weighted by Gasteiger charge is 2.30. The zero-order valence-corrected chi connectivity index (χ0v) is 16.8. The van der Waals surface area contributed by atoms with Crippen LogP contribution in [0.15, 0.2) is 35.3 Å². The quantitative estimate of drug-likeness (QED) is 0.428. The van der Waals surface area contributed by atoms with Crippen molar-refractivity contribution in [2.24, 2.45) is 10.4 Å².